The zero-order valence-corrected chi connectivity index (χ0v) is 16.8. The van der Waals surface area contributed by atoms with E-state index in [9.17, 15) is 14.0 Å². The summed E-state index contributed by atoms with van der Waals surface area (Å²) in [7, 11) is 0. The highest BCUT2D eigenvalue weighted by atomic mass is 19.1. The second-order valence-corrected chi connectivity index (χ2v) is 8.05. The van der Waals surface area contributed by atoms with Crippen molar-refractivity contribution < 1.29 is 14.0 Å². The number of hydrogen-bond donors (Lipinski definition) is 3. The summed E-state index contributed by atoms with van der Waals surface area (Å²) >= 11 is 0. The first-order valence-electron chi connectivity index (χ1n) is 10.3. The fourth-order valence-electron chi connectivity index (χ4n) is 4.02. The molecule has 154 valence electrons. The van der Waals surface area contributed by atoms with Crippen LogP contribution in [0.1, 0.15) is 38.2 Å². The Morgan fingerprint density at radius 2 is 2.14 bits per heavy atom. The lowest BCUT2D eigenvalue weighted by Gasteiger charge is -2.36. The van der Waals surface area contributed by atoms with Gasteiger partial charge in [-0.05, 0) is 76.2 Å². The molecule has 1 aromatic rings. The molecule has 2 fully saturated rings. The van der Waals surface area contributed by atoms with Crippen LogP contribution in [-0.4, -0.2) is 55.0 Å². The Balaban J connectivity index is 1.49. The highest BCUT2D eigenvalue weighted by molar-refractivity contribution is 5.94. The van der Waals surface area contributed by atoms with E-state index in [0.717, 1.165) is 50.9 Å². The molecule has 0 aliphatic carbocycles. The molecule has 3 unspecified atom stereocenters. The van der Waals surface area contributed by atoms with Crippen LogP contribution in [0.5, 0.6) is 0 Å². The zero-order chi connectivity index (χ0) is 20.1. The van der Waals surface area contributed by atoms with Crippen LogP contribution in [0.15, 0.2) is 18.2 Å². The molecular weight excluding hydrogens is 359 g/mol. The van der Waals surface area contributed by atoms with Gasteiger partial charge in [-0.2, -0.15) is 0 Å². The molecule has 3 rings (SSSR count). The molecule has 7 heteroatoms. The molecule has 2 saturated heterocycles. The largest absolute Gasteiger partial charge is 0.354 e. The average molecular weight is 391 g/mol. The van der Waals surface area contributed by atoms with Gasteiger partial charge >= 0.3 is 0 Å². The van der Waals surface area contributed by atoms with Gasteiger partial charge in [-0.1, -0.05) is 6.07 Å². The summed E-state index contributed by atoms with van der Waals surface area (Å²) in [6.07, 6.45) is 3.97. The van der Waals surface area contributed by atoms with Gasteiger partial charge in [0.25, 0.3) is 0 Å². The van der Waals surface area contributed by atoms with Crippen LogP contribution in [-0.2, 0) is 9.59 Å². The highest BCUT2D eigenvalue weighted by Crippen LogP contribution is 2.20. The fourth-order valence-corrected chi connectivity index (χ4v) is 4.02. The van der Waals surface area contributed by atoms with E-state index in [1.54, 1.807) is 12.1 Å². The third-order valence-corrected chi connectivity index (χ3v) is 5.80. The number of anilines is 1. The molecule has 28 heavy (non-hydrogen) atoms. The maximum atomic E-state index is 14.0. The minimum Gasteiger partial charge on any atom is -0.354 e. The van der Waals surface area contributed by atoms with Gasteiger partial charge in [-0.25, -0.2) is 4.39 Å². The number of aryl methyl sites for hydroxylation is 1. The fraction of sp³-hybridized carbons (Fsp3) is 0.619. The molecule has 0 aromatic heterocycles. The minimum atomic E-state index is -0.416. The van der Waals surface area contributed by atoms with Crippen LogP contribution in [0.2, 0.25) is 0 Å². The van der Waals surface area contributed by atoms with Gasteiger partial charge < -0.3 is 16.0 Å². The monoisotopic (exact) mass is 390 g/mol. The Bertz CT molecular complexity index is 706. The Morgan fingerprint density at radius 3 is 2.86 bits per heavy atom. The van der Waals surface area contributed by atoms with Crippen LogP contribution >= 0.6 is 0 Å². The van der Waals surface area contributed by atoms with Crippen LogP contribution in [0.3, 0.4) is 0 Å². The quantitative estimate of drug-likeness (QED) is 0.695. The van der Waals surface area contributed by atoms with Crippen molar-refractivity contribution in [3.63, 3.8) is 0 Å². The first kappa shape index (κ1) is 20.7. The molecule has 0 saturated carbocycles. The van der Waals surface area contributed by atoms with E-state index in [0.29, 0.717) is 12.5 Å². The second kappa shape index (κ2) is 9.47. The summed E-state index contributed by atoms with van der Waals surface area (Å²) in [4.78, 5) is 26.9. The average Bonchev–Trinajstić information content (AvgIpc) is 3.23. The van der Waals surface area contributed by atoms with Gasteiger partial charge in [0.2, 0.25) is 11.8 Å². The van der Waals surface area contributed by atoms with E-state index in [4.69, 9.17) is 0 Å². The molecular formula is C21H31FN4O2. The predicted octanol–water partition coefficient (Wildman–Crippen LogP) is 2.04. The number of rotatable bonds is 6. The van der Waals surface area contributed by atoms with Crippen LogP contribution < -0.4 is 16.0 Å². The summed E-state index contributed by atoms with van der Waals surface area (Å²) in [6.45, 7) is 6.79. The Hall–Kier alpha value is -1.99. The van der Waals surface area contributed by atoms with E-state index in [-0.39, 0.29) is 29.6 Å². The van der Waals surface area contributed by atoms with Crippen molar-refractivity contribution >= 4 is 17.5 Å². The summed E-state index contributed by atoms with van der Waals surface area (Å²) < 4.78 is 14.0. The lowest BCUT2D eigenvalue weighted by atomic mass is 9.96. The molecule has 2 heterocycles. The van der Waals surface area contributed by atoms with Gasteiger partial charge in [-0.15, -0.1) is 0 Å². The number of halogens is 1. The van der Waals surface area contributed by atoms with Gasteiger partial charge in [-0.3, -0.25) is 14.5 Å². The number of amides is 2. The van der Waals surface area contributed by atoms with E-state index in [1.807, 2.05) is 13.8 Å². The van der Waals surface area contributed by atoms with Crippen molar-refractivity contribution in [3.05, 3.63) is 29.6 Å². The normalized spacial score (nSPS) is 24.0. The van der Waals surface area contributed by atoms with Gasteiger partial charge in [0.15, 0.2) is 0 Å². The standard InChI is InChI=1S/C21H31FN4O2/c1-14-7-8-18(17(22)11-14)25-20(27)15(2)26-10-4-5-16(13-26)12-24-21(28)19-6-3-9-23-19/h7-8,11,15-16,19,23H,3-6,9-10,12-13H2,1-2H3,(H,24,28)(H,25,27). The Morgan fingerprint density at radius 1 is 1.32 bits per heavy atom. The Labute approximate surface area is 166 Å². The summed E-state index contributed by atoms with van der Waals surface area (Å²) in [5.74, 6) is -0.219. The lowest BCUT2D eigenvalue weighted by molar-refractivity contribution is -0.124. The molecule has 6 nitrogen and oxygen atoms in total. The second-order valence-electron chi connectivity index (χ2n) is 8.05. The first-order chi connectivity index (χ1) is 13.4. The third-order valence-electron chi connectivity index (χ3n) is 5.80. The molecule has 2 aliphatic rings. The van der Waals surface area contributed by atoms with Gasteiger partial charge in [0.05, 0.1) is 17.8 Å². The number of likely N-dealkylation sites (tertiary alicyclic amines) is 1. The number of nitrogens with zero attached hydrogens (tertiary/aromatic N) is 1. The molecule has 3 atom stereocenters. The summed E-state index contributed by atoms with van der Waals surface area (Å²) in [6, 6.07) is 4.38. The topological polar surface area (TPSA) is 73.5 Å². The SMILES string of the molecule is Cc1ccc(NC(=O)C(C)N2CCCC(CNC(=O)C3CCCN3)C2)c(F)c1. The number of piperidine rings is 1. The molecule has 0 bridgehead atoms. The number of carbonyl (C=O) groups excluding carboxylic acids is 2. The first-order valence-corrected chi connectivity index (χ1v) is 10.3. The molecule has 2 aliphatic heterocycles. The van der Waals surface area contributed by atoms with Crippen molar-refractivity contribution in [1.29, 1.82) is 0 Å². The van der Waals surface area contributed by atoms with Crippen molar-refractivity contribution in [2.45, 2.75) is 51.6 Å². The minimum absolute atomic E-state index is 0.0613. The zero-order valence-electron chi connectivity index (χ0n) is 16.8. The van der Waals surface area contributed by atoms with Crippen molar-refractivity contribution in [1.82, 2.24) is 15.5 Å². The number of nitrogens with one attached hydrogen (secondary N) is 3. The molecule has 1 aromatic carbocycles. The predicted molar refractivity (Wildman–Crippen MR) is 108 cm³/mol. The highest BCUT2D eigenvalue weighted by Gasteiger charge is 2.29. The number of benzene rings is 1. The third kappa shape index (κ3) is 5.29. The summed E-state index contributed by atoms with van der Waals surface area (Å²) in [5, 5.41) is 8.97. The van der Waals surface area contributed by atoms with Crippen LogP contribution in [0.4, 0.5) is 10.1 Å². The smallest absolute Gasteiger partial charge is 0.241 e. The maximum absolute atomic E-state index is 14.0. The van der Waals surface area contributed by atoms with Crippen molar-refractivity contribution in [2.24, 2.45) is 5.92 Å². The van der Waals surface area contributed by atoms with Gasteiger partial charge in [0, 0.05) is 13.1 Å². The van der Waals surface area contributed by atoms with Crippen molar-refractivity contribution in [2.75, 3.05) is 31.5 Å². The molecule has 3 N–H and O–H groups in total. The van der Waals surface area contributed by atoms with E-state index < -0.39 is 5.82 Å². The van der Waals surface area contributed by atoms with E-state index in [1.165, 1.54) is 6.07 Å². The van der Waals surface area contributed by atoms with E-state index >= 15 is 0 Å². The van der Waals surface area contributed by atoms with Crippen molar-refractivity contribution in [3.8, 4) is 0 Å². The van der Waals surface area contributed by atoms with E-state index in [2.05, 4.69) is 20.9 Å². The maximum Gasteiger partial charge on any atom is 0.241 e. The van der Waals surface area contributed by atoms with Gasteiger partial charge in [0.1, 0.15) is 5.82 Å². The Kier molecular flexibility index (Phi) is 7.02. The summed E-state index contributed by atoms with van der Waals surface area (Å²) in [5.41, 5.74) is 1.03. The lowest BCUT2D eigenvalue weighted by Crippen LogP contribution is -2.50. The number of hydrogen-bond acceptors (Lipinski definition) is 4. The molecule has 2 amide bonds. The number of carbonyl (C=O) groups is 2. The molecule has 0 radical (unpaired) electrons. The molecule has 0 spiro atoms. The van der Waals surface area contributed by atoms with Crippen LogP contribution in [0, 0.1) is 18.7 Å². The van der Waals surface area contributed by atoms with Crippen LogP contribution in [0.25, 0.3) is 0 Å².